The summed E-state index contributed by atoms with van der Waals surface area (Å²) in [6, 6.07) is 5.90. The lowest BCUT2D eigenvalue weighted by Gasteiger charge is -2.25. The number of rotatable bonds is 4. The summed E-state index contributed by atoms with van der Waals surface area (Å²) in [5.74, 6) is 2.11. The fraction of sp³-hybridized carbons (Fsp3) is 0.533. The molecule has 0 spiro atoms. The lowest BCUT2D eigenvalue weighted by atomic mass is 10.0. The Bertz CT molecular complexity index is 618. The fourth-order valence-electron chi connectivity index (χ4n) is 2.85. The van der Waals surface area contributed by atoms with Crippen molar-refractivity contribution in [2.24, 2.45) is 0 Å². The highest BCUT2D eigenvalue weighted by Gasteiger charge is 2.31. The summed E-state index contributed by atoms with van der Waals surface area (Å²) in [6.45, 7) is 3.77. The smallest absolute Gasteiger partial charge is 0.124 e. The maximum Gasteiger partial charge on any atom is 0.124 e. The van der Waals surface area contributed by atoms with E-state index in [-0.39, 0.29) is 5.60 Å². The van der Waals surface area contributed by atoms with E-state index in [1.54, 1.807) is 7.11 Å². The third kappa shape index (κ3) is 2.38. The number of nitrogens with zero attached hydrogens (tertiary/aromatic N) is 2. The molecule has 0 bridgehead atoms. The van der Waals surface area contributed by atoms with Crippen molar-refractivity contribution in [3.05, 3.63) is 24.0 Å². The monoisotopic (exact) mass is 294 g/mol. The minimum atomic E-state index is -0.127. The summed E-state index contributed by atoms with van der Waals surface area (Å²) in [5, 5.41) is 0. The van der Waals surface area contributed by atoms with Crippen LogP contribution in [-0.4, -0.2) is 28.9 Å². The van der Waals surface area contributed by atoms with Crippen LogP contribution in [0.5, 0.6) is 5.75 Å². The van der Waals surface area contributed by atoms with Crippen molar-refractivity contribution in [1.29, 1.82) is 0 Å². The third-order valence-corrected chi connectivity index (χ3v) is 4.19. The highest BCUT2D eigenvalue weighted by Crippen LogP contribution is 2.30. The molecule has 1 atom stereocenters. The van der Waals surface area contributed by atoms with E-state index in [2.05, 4.69) is 16.5 Å². The van der Waals surface area contributed by atoms with Gasteiger partial charge in [-0.25, -0.2) is 4.98 Å². The molecule has 1 aromatic carbocycles. The van der Waals surface area contributed by atoms with E-state index in [0.717, 1.165) is 48.6 Å². The van der Waals surface area contributed by atoms with E-state index in [1.165, 1.54) is 0 Å². The molecule has 2 heterocycles. The normalized spacial score (nSPS) is 22.6. The van der Waals surface area contributed by atoms with E-state index < -0.39 is 0 Å². The number of alkyl halides is 1. The molecule has 1 aliphatic heterocycles. The number of hydrogen-bond donors (Lipinski definition) is 0. The Morgan fingerprint density at radius 2 is 2.35 bits per heavy atom. The van der Waals surface area contributed by atoms with Crippen molar-refractivity contribution >= 4 is 22.6 Å². The van der Waals surface area contributed by atoms with Crippen LogP contribution in [0.3, 0.4) is 0 Å². The molecule has 0 saturated carbocycles. The zero-order chi connectivity index (χ0) is 14.2. The van der Waals surface area contributed by atoms with Crippen LogP contribution in [0, 0.1) is 0 Å². The predicted octanol–water partition coefficient (Wildman–Crippen LogP) is 3.35. The van der Waals surface area contributed by atoms with Gasteiger partial charge < -0.3 is 14.0 Å². The van der Waals surface area contributed by atoms with Gasteiger partial charge in [-0.05, 0) is 31.9 Å². The Labute approximate surface area is 123 Å². The van der Waals surface area contributed by atoms with Gasteiger partial charge in [-0.15, -0.1) is 11.6 Å². The van der Waals surface area contributed by atoms with Crippen LogP contribution in [0.2, 0.25) is 0 Å². The zero-order valence-corrected chi connectivity index (χ0v) is 12.6. The Balaban J connectivity index is 2.06. The summed E-state index contributed by atoms with van der Waals surface area (Å²) < 4.78 is 13.4. The number of halogens is 1. The molecule has 0 aliphatic carbocycles. The van der Waals surface area contributed by atoms with Crippen molar-refractivity contribution in [3.8, 4) is 5.75 Å². The van der Waals surface area contributed by atoms with E-state index in [9.17, 15) is 0 Å². The average molecular weight is 295 g/mol. The molecule has 0 N–H and O–H groups in total. The van der Waals surface area contributed by atoms with Gasteiger partial charge in [-0.3, -0.25) is 0 Å². The van der Waals surface area contributed by atoms with Gasteiger partial charge in [0.1, 0.15) is 11.6 Å². The molecule has 1 aliphatic rings. The van der Waals surface area contributed by atoms with E-state index in [0.29, 0.717) is 5.88 Å². The summed E-state index contributed by atoms with van der Waals surface area (Å²) in [7, 11) is 1.67. The first kappa shape index (κ1) is 13.7. The Morgan fingerprint density at radius 1 is 1.50 bits per heavy atom. The molecule has 5 heteroatoms. The van der Waals surface area contributed by atoms with Gasteiger partial charge in [0.25, 0.3) is 0 Å². The first-order valence-corrected chi connectivity index (χ1v) is 7.42. The van der Waals surface area contributed by atoms with Gasteiger partial charge in [0.15, 0.2) is 0 Å². The van der Waals surface area contributed by atoms with Crippen molar-refractivity contribution < 1.29 is 9.47 Å². The molecule has 3 rings (SSSR count). The largest absolute Gasteiger partial charge is 0.497 e. The van der Waals surface area contributed by atoms with Crippen molar-refractivity contribution in [2.75, 3.05) is 13.7 Å². The molecule has 2 aromatic rings. The van der Waals surface area contributed by atoms with Crippen molar-refractivity contribution in [1.82, 2.24) is 9.55 Å². The van der Waals surface area contributed by atoms with Gasteiger partial charge in [0.2, 0.25) is 0 Å². The lowest BCUT2D eigenvalue weighted by molar-refractivity contribution is 0.00660. The number of fused-ring (bicyclic) bond motifs is 1. The van der Waals surface area contributed by atoms with Crippen LogP contribution in [0.1, 0.15) is 25.6 Å². The van der Waals surface area contributed by atoms with Gasteiger partial charge in [-0.2, -0.15) is 0 Å². The Kier molecular flexibility index (Phi) is 3.61. The zero-order valence-electron chi connectivity index (χ0n) is 11.9. The van der Waals surface area contributed by atoms with E-state index in [1.807, 2.05) is 18.2 Å². The average Bonchev–Trinajstić information content (AvgIpc) is 3.03. The van der Waals surface area contributed by atoms with Gasteiger partial charge >= 0.3 is 0 Å². The van der Waals surface area contributed by atoms with E-state index in [4.69, 9.17) is 21.1 Å². The summed E-state index contributed by atoms with van der Waals surface area (Å²) >= 11 is 6.05. The van der Waals surface area contributed by atoms with Crippen LogP contribution in [0.15, 0.2) is 18.2 Å². The quantitative estimate of drug-likeness (QED) is 0.811. The molecule has 1 saturated heterocycles. The second-order valence-corrected chi connectivity index (χ2v) is 5.77. The minimum Gasteiger partial charge on any atom is -0.497 e. The summed E-state index contributed by atoms with van der Waals surface area (Å²) in [5.41, 5.74) is 1.87. The molecule has 0 radical (unpaired) electrons. The number of ether oxygens (including phenoxy) is 2. The van der Waals surface area contributed by atoms with Crippen LogP contribution in [0.25, 0.3) is 11.0 Å². The standard InChI is InChI=1S/C15H19ClN2O2/c1-15(6-3-7-20-15)10-18-13-8-11(19-2)4-5-12(13)17-14(18)9-16/h4-5,8H,3,6-7,9-10H2,1-2H3. The van der Waals surface area contributed by atoms with Crippen LogP contribution in [0.4, 0.5) is 0 Å². The Hall–Kier alpha value is -1.26. The molecule has 1 unspecified atom stereocenters. The van der Waals surface area contributed by atoms with Gasteiger partial charge in [-0.1, -0.05) is 0 Å². The first-order valence-electron chi connectivity index (χ1n) is 6.88. The second kappa shape index (κ2) is 5.26. The molecular formula is C15H19ClN2O2. The van der Waals surface area contributed by atoms with Crippen molar-refractivity contribution in [3.63, 3.8) is 0 Å². The number of benzene rings is 1. The molecule has 20 heavy (non-hydrogen) atoms. The molecule has 0 amide bonds. The predicted molar refractivity (Wildman–Crippen MR) is 79.4 cm³/mol. The van der Waals surface area contributed by atoms with E-state index >= 15 is 0 Å². The maximum atomic E-state index is 6.05. The summed E-state index contributed by atoms with van der Waals surface area (Å²) in [4.78, 5) is 4.60. The lowest BCUT2D eigenvalue weighted by Crippen LogP contribution is -2.30. The van der Waals surface area contributed by atoms with Gasteiger partial charge in [0.05, 0.1) is 36.2 Å². The number of hydrogen-bond acceptors (Lipinski definition) is 3. The number of imidazole rings is 1. The molecule has 1 aromatic heterocycles. The second-order valence-electron chi connectivity index (χ2n) is 5.50. The van der Waals surface area contributed by atoms with Crippen LogP contribution >= 0.6 is 11.6 Å². The molecule has 4 nitrogen and oxygen atoms in total. The number of aromatic nitrogens is 2. The third-order valence-electron chi connectivity index (χ3n) is 3.95. The Morgan fingerprint density at radius 3 is 3.00 bits per heavy atom. The SMILES string of the molecule is COc1ccc2nc(CCl)n(CC3(C)CCCO3)c2c1. The highest BCUT2D eigenvalue weighted by molar-refractivity contribution is 6.16. The fourth-order valence-corrected chi connectivity index (χ4v) is 3.06. The molecular weight excluding hydrogens is 276 g/mol. The highest BCUT2D eigenvalue weighted by atomic mass is 35.5. The first-order chi connectivity index (χ1) is 9.65. The van der Waals surface area contributed by atoms with Crippen LogP contribution < -0.4 is 4.74 Å². The summed E-state index contributed by atoms with van der Waals surface area (Å²) in [6.07, 6.45) is 2.18. The minimum absolute atomic E-state index is 0.127. The topological polar surface area (TPSA) is 36.3 Å². The van der Waals surface area contributed by atoms with Gasteiger partial charge in [0, 0.05) is 12.7 Å². The molecule has 108 valence electrons. The number of methoxy groups -OCH3 is 1. The van der Waals surface area contributed by atoms with Crippen LogP contribution in [-0.2, 0) is 17.2 Å². The van der Waals surface area contributed by atoms with Crippen molar-refractivity contribution in [2.45, 2.75) is 37.8 Å². The molecule has 1 fully saturated rings. The maximum absolute atomic E-state index is 6.05.